The summed E-state index contributed by atoms with van der Waals surface area (Å²) in [5.41, 5.74) is 1.42. The van der Waals surface area contributed by atoms with Crippen LogP contribution in [0.5, 0.6) is 0 Å². The largest absolute Gasteiger partial charge is 0.302 e. The molecule has 1 fully saturated rings. The van der Waals surface area contributed by atoms with Crippen LogP contribution >= 0.6 is 11.3 Å². The second-order valence-electron chi connectivity index (χ2n) is 5.11. The molecule has 1 aliphatic heterocycles. The topological polar surface area (TPSA) is 45.2 Å². The molecule has 2 aromatic rings. The average Bonchev–Trinajstić information content (AvgIpc) is 2.81. The van der Waals surface area contributed by atoms with Gasteiger partial charge >= 0.3 is 0 Å². The maximum Gasteiger partial charge on any atom is 0.223 e. The van der Waals surface area contributed by atoms with Gasteiger partial charge in [-0.15, -0.1) is 11.3 Å². The molecule has 104 valence electrons. The fourth-order valence-corrected chi connectivity index (χ4v) is 3.35. The van der Waals surface area contributed by atoms with Crippen molar-refractivity contribution in [3.63, 3.8) is 0 Å². The minimum Gasteiger partial charge on any atom is -0.302 e. The molecular weight excluding hydrogens is 270 g/mol. The van der Waals surface area contributed by atoms with E-state index in [1.807, 2.05) is 6.20 Å². The number of hydrogen-bond acceptors (Lipinski definition) is 4. The fourth-order valence-electron chi connectivity index (χ4n) is 2.44. The summed E-state index contributed by atoms with van der Waals surface area (Å²) in [6, 6.07) is 10.6. The van der Waals surface area contributed by atoms with Crippen molar-refractivity contribution in [2.45, 2.75) is 19.4 Å². The number of carbonyl (C=O) groups excluding carboxylic acids is 1. The molecule has 0 bridgehead atoms. The molecule has 2 heterocycles. The standard InChI is InChI=1S/C15H17N3OS/c1-11(19)17-15-16-7-14(20-15)10-18-8-13(9-18)12-5-3-2-4-6-12/h2-7,13H,8-10H2,1H3,(H,16,17,19). The van der Waals surface area contributed by atoms with Gasteiger partial charge in [0.15, 0.2) is 5.13 Å². The van der Waals surface area contributed by atoms with Crippen LogP contribution in [0.2, 0.25) is 0 Å². The van der Waals surface area contributed by atoms with E-state index in [0.29, 0.717) is 11.0 Å². The van der Waals surface area contributed by atoms with Crippen LogP contribution in [-0.2, 0) is 11.3 Å². The molecule has 1 aromatic heterocycles. The number of amides is 1. The Morgan fingerprint density at radius 1 is 1.40 bits per heavy atom. The summed E-state index contributed by atoms with van der Waals surface area (Å²) in [5.74, 6) is 0.581. The van der Waals surface area contributed by atoms with Crippen LogP contribution in [0.25, 0.3) is 0 Å². The molecule has 3 rings (SSSR count). The summed E-state index contributed by atoms with van der Waals surface area (Å²) in [7, 11) is 0. The molecule has 0 unspecified atom stereocenters. The lowest BCUT2D eigenvalue weighted by molar-refractivity contribution is -0.114. The van der Waals surface area contributed by atoms with Crippen LogP contribution < -0.4 is 5.32 Å². The van der Waals surface area contributed by atoms with Gasteiger partial charge in [-0.2, -0.15) is 0 Å². The molecule has 0 aliphatic carbocycles. The van der Waals surface area contributed by atoms with Gasteiger partial charge < -0.3 is 5.32 Å². The van der Waals surface area contributed by atoms with Gasteiger partial charge in [0.1, 0.15) is 0 Å². The van der Waals surface area contributed by atoms with Crippen LogP contribution in [0.15, 0.2) is 36.5 Å². The number of anilines is 1. The van der Waals surface area contributed by atoms with E-state index in [2.05, 4.69) is 45.5 Å². The average molecular weight is 287 g/mol. The highest BCUT2D eigenvalue weighted by molar-refractivity contribution is 7.15. The fraction of sp³-hybridized carbons (Fsp3) is 0.333. The highest BCUT2D eigenvalue weighted by Crippen LogP contribution is 2.29. The molecule has 1 N–H and O–H groups in total. The smallest absolute Gasteiger partial charge is 0.223 e. The number of rotatable bonds is 4. The molecule has 0 saturated carbocycles. The van der Waals surface area contributed by atoms with Crippen molar-refractivity contribution in [2.24, 2.45) is 0 Å². The normalized spacial score (nSPS) is 15.8. The summed E-state index contributed by atoms with van der Waals surface area (Å²) >= 11 is 1.55. The van der Waals surface area contributed by atoms with Crippen LogP contribution in [0.1, 0.15) is 23.3 Å². The van der Waals surface area contributed by atoms with Gasteiger partial charge in [-0.3, -0.25) is 9.69 Å². The van der Waals surface area contributed by atoms with Crippen LogP contribution in [0, 0.1) is 0 Å². The zero-order valence-corrected chi connectivity index (χ0v) is 12.2. The summed E-state index contributed by atoms with van der Waals surface area (Å²) < 4.78 is 0. The Balaban J connectivity index is 1.51. The predicted molar refractivity (Wildman–Crippen MR) is 80.9 cm³/mol. The molecular formula is C15H17N3OS. The lowest BCUT2D eigenvalue weighted by Crippen LogP contribution is -2.43. The van der Waals surface area contributed by atoms with E-state index in [-0.39, 0.29) is 5.91 Å². The Hall–Kier alpha value is -1.72. The zero-order valence-electron chi connectivity index (χ0n) is 11.4. The van der Waals surface area contributed by atoms with Crippen molar-refractivity contribution in [3.05, 3.63) is 47.0 Å². The highest BCUT2D eigenvalue weighted by Gasteiger charge is 2.28. The van der Waals surface area contributed by atoms with E-state index in [9.17, 15) is 4.79 Å². The maximum absolute atomic E-state index is 11.0. The first-order valence-corrected chi connectivity index (χ1v) is 7.52. The lowest BCUT2D eigenvalue weighted by Gasteiger charge is -2.39. The van der Waals surface area contributed by atoms with Crippen molar-refractivity contribution in [1.82, 2.24) is 9.88 Å². The Kier molecular flexibility index (Phi) is 3.80. The minimum absolute atomic E-state index is 0.0704. The first-order valence-electron chi connectivity index (χ1n) is 6.70. The van der Waals surface area contributed by atoms with Crippen molar-refractivity contribution < 1.29 is 4.79 Å². The Labute approximate surface area is 122 Å². The molecule has 0 atom stereocenters. The lowest BCUT2D eigenvalue weighted by atomic mass is 9.91. The Morgan fingerprint density at radius 3 is 2.85 bits per heavy atom. The molecule has 1 aliphatic rings. The quantitative estimate of drug-likeness (QED) is 0.940. The molecule has 1 aromatic carbocycles. The molecule has 0 spiro atoms. The van der Waals surface area contributed by atoms with Gasteiger partial charge in [0.05, 0.1) is 0 Å². The predicted octanol–water partition coefficient (Wildman–Crippen LogP) is 2.70. The Bertz CT molecular complexity index is 590. The van der Waals surface area contributed by atoms with Crippen molar-refractivity contribution in [3.8, 4) is 0 Å². The number of hydrogen-bond donors (Lipinski definition) is 1. The molecule has 5 heteroatoms. The maximum atomic E-state index is 11.0. The van der Waals surface area contributed by atoms with Gasteiger partial charge in [-0.25, -0.2) is 4.98 Å². The number of likely N-dealkylation sites (tertiary alicyclic amines) is 1. The molecule has 1 amide bonds. The van der Waals surface area contributed by atoms with Gasteiger partial charge in [-0.1, -0.05) is 30.3 Å². The second kappa shape index (κ2) is 5.73. The minimum atomic E-state index is -0.0704. The van der Waals surface area contributed by atoms with Crippen LogP contribution in [-0.4, -0.2) is 28.9 Å². The number of nitrogens with zero attached hydrogens (tertiary/aromatic N) is 2. The number of benzene rings is 1. The van der Waals surface area contributed by atoms with Gasteiger partial charge in [-0.05, 0) is 5.56 Å². The van der Waals surface area contributed by atoms with Crippen LogP contribution in [0.4, 0.5) is 5.13 Å². The van der Waals surface area contributed by atoms with E-state index >= 15 is 0 Å². The van der Waals surface area contributed by atoms with Gasteiger partial charge in [0.25, 0.3) is 0 Å². The SMILES string of the molecule is CC(=O)Nc1ncc(CN2CC(c3ccccc3)C2)s1. The van der Waals surface area contributed by atoms with E-state index in [1.165, 1.54) is 17.4 Å². The molecule has 1 saturated heterocycles. The summed E-state index contributed by atoms with van der Waals surface area (Å²) in [4.78, 5) is 18.8. The summed E-state index contributed by atoms with van der Waals surface area (Å²) in [6.07, 6.45) is 1.85. The highest BCUT2D eigenvalue weighted by atomic mass is 32.1. The third-order valence-electron chi connectivity index (χ3n) is 3.44. The number of nitrogens with one attached hydrogen (secondary N) is 1. The first-order chi connectivity index (χ1) is 9.70. The monoisotopic (exact) mass is 287 g/mol. The van der Waals surface area contributed by atoms with Crippen LogP contribution in [0.3, 0.4) is 0 Å². The first kappa shape index (κ1) is 13.3. The van der Waals surface area contributed by atoms with Crippen molar-refractivity contribution in [2.75, 3.05) is 18.4 Å². The van der Waals surface area contributed by atoms with Crippen molar-refractivity contribution in [1.29, 1.82) is 0 Å². The van der Waals surface area contributed by atoms with Crippen molar-refractivity contribution >= 4 is 22.4 Å². The van der Waals surface area contributed by atoms with E-state index in [4.69, 9.17) is 0 Å². The number of thiazole rings is 1. The third-order valence-corrected chi connectivity index (χ3v) is 4.34. The van der Waals surface area contributed by atoms with E-state index in [0.717, 1.165) is 19.6 Å². The molecule has 0 radical (unpaired) electrons. The molecule has 20 heavy (non-hydrogen) atoms. The second-order valence-corrected chi connectivity index (χ2v) is 6.23. The number of aromatic nitrogens is 1. The zero-order chi connectivity index (χ0) is 13.9. The number of carbonyl (C=O) groups is 1. The Morgan fingerprint density at radius 2 is 2.15 bits per heavy atom. The summed E-state index contributed by atoms with van der Waals surface area (Å²) in [6.45, 7) is 4.61. The molecule has 4 nitrogen and oxygen atoms in total. The van der Waals surface area contributed by atoms with Gasteiger partial charge in [0, 0.05) is 43.5 Å². The van der Waals surface area contributed by atoms with E-state index < -0.39 is 0 Å². The van der Waals surface area contributed by atoms with Gasteiger partial charge in [0.2, 0.25) is 5.91 Å². The van der Waals surface area contributed by atoms with E-state index in [1.54, 1.807) is 11.3 Å². The third kappa shape index (κ3) is 3.05. The summed E-state index contributed by atoms with van der Waals surface area (Å²) in [5, 5.41) is 3.41.